The second-order valence-electron chi connectivity index (χ2n) is 4.97. The molecule has 0 aliphatic carbocycles. The molecule has 1 aromatic rings. The topological polar surface area (TPSA) is 35.5 Å². The van der Waals surface area contributed by atoms with Crippen molar-refractivity contribution in [2.75, 3.05) is 24.5 Å². The lowest BCUT2D eigenvalue weighted by Gasteiger charge is -2.37. The minimum atomic E-state index is -0.228. The largest absolute Gasteiger partial charge is 0.391 e. The van der Waals surface area contributed by atoms with Crippen molar-refractivity contribution >= 4 is 5.69 Å². The van der Waals surface area contributed by atoms with Crippen molar-refractivity contribution in [3.8, 4) is 0 Å². The summed E-state index contributed by atoms with van der Waals surface area (Å²) in [6.45, 7) is 6.94. The summed E-state index contributed by atoms with van der Waals surface area (Å²) in [7, 11) is 0. The fraction of sp³-hybridized carbons (Fsp3) is 0.600. The standard InChI is InChI=1S/C15H24N2O/c1-3-12(18)11-17-10-9-14(16-4-2)13-7-5-6-8-15(13)17/h5-8,12,14,16,18H,3-4,9-11H2,1-2H3. The van der Waals surface area contributed by atoms with Crippen molar-refractivity contribution in [3.05, 3.63) is 29.8 Å². The Kier molecular flexibility index (Phi) is 4.61. The Morgan fingerprint density at radius 3 is 2.89 bits per heavy atom. The van der Waals surface area contributed by atoms with Crippen LogP contribution in [-0.4, -0.2) is 30.8 Å². The lowest BCUT2D eigenvalue weighted by molar-refractivity contribution is 0.174. The van der Waals surface area contributed by atoms with Crippen LogP contribution in [-0.2, 0) is 0 Å². The molecular formula is C15H24N2O. The van der Waals surface area contributed by atoms with Gasteiger partial charge >= 0.3 is 0 Å². The predicted molar refractivity (Wildman–Crippen MR) is 76.0 cm³/mol. The Morgan fingerprint density at radius 2 is 2.17 bits per heavy atom. The van der Waals surface area contributed by atoms with E-state index in [4.69, 9.17) is 0 Å². The molecule has 1 aliphatic heterocycles. The molecule has 3 nitrogen and oxygen atoms in total. The number of hydrogen-bond donors (Lipinski definition) is 2. The Labute approximate surface area is 110 Å². The SMILES string of the molecule is CCNC1CCN(CC(O)CC)c2ccccc21. The number of fused-ring (bicyclic) bond motifs is 1. The molecule has 2 atom stereocenters. The molecule has 0 amide bonds. The molecule has 2 rings (SSSR count). The monoisotopic (exact) mass is 248 g/mol. The van der Waals surface area contributed by atoms with Gasteiger partial charge in [0.1, 0.15) is 0 Å². The fourth-order valence-corrected chi connectivity index (χ4v) is 2.66. The smallest absolute Gasteiger partial charge is 0.0712 e. The number of nitrogens with zero attached hydrogens (tertiary/aromatic N) is 1. The van der Waals surface area contributed by atoms with Gasteiger partial charge in [0.25, 0.3) is 0 Å². The maximum absolute atomic E-state index is 9.85. The molecule has 1 aromatic carbocycles. The third kappa shape index (κ3) is 2.85. The molecule has 0 aromatic heterocycles. The molecule has 2 N–H and O–H groups in total. The number of rotatable bonds is 5. The number of nitrogens with one attached hydrogen (secondary N) is 1. The average molecular weight is 248 g/mol. The van der Waals surface area contributed by atoms with E-state index in [-0.39, 0.29) is 6.10 Å². The first kappa shape index (κ1) is 13.4. The predicted octanol–water partition coefficient (Wildman–Crippen LogP) is 2.32. The van der Waals surface area contributed by atoms with Crippen LogP contribution in [0.5, 0.6) is 0 Å². The Bertz CT molecular complexity index is 381. The van der Waals surface area contributed by atoms with Crippen LogP contribution in [0.2, 0.25) is 0 Å². The highest BCUT2D eigenvalue weighted by Crippen LogP contribution is 2.33. The molecule has 2 unspecified atom stereocenters. The zero-order valence-electron chi connectivity index (χ0n) is 11.4. The molecule has 18 heavy (non-hydrogen) atoms. The molecule has 1 heterocycles. The highest BCUT2D eigenvalue weighted by Gasteiger charge is 2.24. The maximum atomic E-state index is 9.85. The van der Waals surface area contributed by atoms with E-state index < -0.39 is 0 Å². The molecule has 0 bridgehead atoms. The molecule has 1 aliphatic rings. The van der Waals surface area contributed by atoms with E-state index >= 15 is 0 Å². The van der Waals surface area contributed by atoms with Crippen LogP contribution in [0.25, 0.3) is 0 Å². The first-order valence-corrected chi connectivity index (χ1v) is 7.01. The van der Waals surface area contributed by atoms with Gasteiger partial charge in [-0.15, -0.1) is 0 Å². The van der Waals surface area contributed by atoms with Gasteiger partial charge in [-0.1, -0.05) is 32.0 Å². The van der Waals surface area contributed by atoms with Crippen molar-refractivity contribution in [2.24, 2.45) is 0 Å². The van der Waals surface area contributed by atoms with Gasteiger partial charge in [0, 0.05) is 24.8 Å². The maximum Gasteiger partial charge on any atom is 0.0712 e. The summed E-state index contributed by atoms with van der Waals surface area (Å²) in [4.78, 5) is 2.32. The van der Waals surface area contributed by atoms with Gasteiger partial charge in [0.05, 0.1) is 6.10 Å². The lowest BCUT2D eigenvalue weighted by Crippen LogP contribution is -2.39. The summed E-state index contributed by atoms with van der Waals surface area (Å²) in [6, 6.07) is 9.01. The number of hydrogen-bond acceptors (Lipinski definition) is 3. The highest BCUT2D eigenvalue weighted by molar-refractivity contribution is 5.57. The lowest BCUT2D eigenvalue weighted by atomic mass is 9.96. The number of benzene rings is 1. The molecule has 0 spiro atoms. The van der Waals surface area contributed by atoms with E-state index in [1.165, 1.54) is 11.3 Å². The summed E-state index contributed by atoms with van der Waals surface area (Å²) >= 11 is 0. The van der Waals surface area contributed by atoms with Crippen molar-refractivity contribution in [1.82, 2.24) is 5.32 Å². The van der Waals surface area contributed by atoms with Crippen LogP contribution < -0.4 is 10.2 Å². The Hall–Kier alpha value is -1.06. The van der Waals surface area contributed by atoms with Crippen LogP contribution in [0.4, 0.5) is 5.69 Å². The summed E-state index contributed by atoms with van der Waals surface area (Å²) in [5.74, 6) is 0. The minimum Gasteiger partial charge on any atom is -0.391 e. The number of β-amino-alcohol motifs (C(OH)–C–C–N with tert-alkyl or cyclic N) is 1. The van der Waals surface area contributed by atoms with Crippen molar-refractivity contribution < 1.29 is 5.11 Å². The van der Waals surface area contributed by atoms with Gasteiger partial charge in [0.2, 0.25) is 0 Å². The zero-order valence-corrected chi connectivity index (χ0v) is 11.4. The highest BCUT2D eigenvalue weighted by atomic mass is 16.3. The summed E-state index contributed by atoms with van der Waals surface area (Å²) in [5, 5.41) is 13.4. The Morgan fingerprint density at radius 1 is 1.39 bits per heavy atom. The minimum absolute atomic E-state index is 0.228. The molecule has 0 saturated carbocycles. The summed E-state index contributed by atoms with van der Waals surface area (Å²) in [5.41, 5.74) is 2.65. The second-order valence-corrected chi connectivity index (χ2v) is 4.97. The summed E-state index contributed by atoms with van der Waals surface area (Å²) < 4.78 is 0. The van der Waals surface area contributed by atoms with Crippen LogP contribution in [0, 0.1) is 0 Å². The summed E-state index contributed by atoms with van der Waals surface area (Å²) in [6.07, 6.45) is 1.70. The number of para-hydroxylation sites is 1. The van der Waals surface area contributed by atoms with Gasteiger partial charge < -0.3 is 15.3 Å². The number of aliphatic hydroxyl groups excluding tert-OH is 1. The van der Waals surface area contributed by atoms with Crippen LogP contribution in [0.1, 0.15) is 38.3 Å². The van der Waals surface area contributed by atoms with Crippen molar-refractivity contribution in [1.29, 1.82) is 0 Å². The van der Waals surface area contributed by atoms with E-state index in [1.54, 1.807) is 0 Å². The van der Waals surface area contributed by atoms with Crippen molar-refractivity contribution in [3.63, 3.8) is 0 Å². The number of aliphatic hydroxyl groups is 1. The van der Waals surface area contributed by atoms with E-state index in [2.05, 4.69) is 41.4 Å². The van der Waals surface area contributed by atoms with Crippen LogP contribution >= 0.6 is 0 Å². The van der Waals surface area contributed by atoms with Crippen LogP contribution in [0.15, 0.2) is 24.3 Å². The quantitative estimate of drug-likeness (QED) is 0.839. The Balaban J connectivity index is 2.19. The third-order valence-corrected chi connectivity index (χ3v) is 3.69. The molecule has 0 radical (unpaired) electrons. The van der Waals surface area contributed by atoms with Gasteiger partial charge in [-0.2, -0.15) is 0 Å². The van der Waals surface area contributed by atoms with Gasteiger partial charge in [0.15, 0.2) is 0 Å². The van der Waals surface area contributed by atoms with E-state index in [1.807, 2.05) is 6.92 Å². The van der Waals surface area contributed by atoms with Gasteiger partial charge in [-0.25, -0.2) is 0 Å². The second kappa shape index (κ2) is 6.21. The molecule has 0 fully saturated rings. The zero-order chi connectivity index (χ0) is 13.0. The number of anilines is 1. The first-order chi connectivity index (χ1) is 8.76. The van der Waals surface area contributed by atoms with Crippen molar-refractivity contribution in [2.45, 2.75) is 38.8 Å². The van der Waals surface area contributed by atoms with E-state index in [0.717, 1.165) is 32.5 Å². The normalized spacial score (nSPS) is 20.6. The average Bonchev–Trinajstić information content (AvgIpc) is 2.41. The fourth-order valence-electron chi connectivity index (χ4n) is 2.66. The molecular weight excluding hydrogens is 224 g/mol. The van der Waals surface area contributed by atoms with E-state index in [0.29, 0.717) is 6.04 Å². The van der Waals surface area contributed by atoms with Crippen LogP contribution in [0.3, 0.4) is 0 Å². The van der Waals surface area contributed by atoms with E-state index in [9.17, 15) is 5.11 Å². The molecule has 3 heteroatoms. The molecule has 0 saturated heterocycles. The third-order valence-electron chi connectivity index (χ3n) is 3.69. The van der Waals surface area contributed by atoms with Gasteiger partial charge in [-0.05, 0) is 31.0 Å². The molecule has 100 valence electrons. The first-order valence-electron chi connectivity index (χ1n) is 7.01. The van der Waals surface area contributed by atoms with Gasteiger partial charge in [-0.3, -0.25) is 0 Å².